The number of halogens is 1. The molecule has 0 aromatic carbocycles. The van der Waals surface area contributed by atoms with Crippen molar-refractivity contribution in [2.24, 2.45) is 0 Å². The lowest BCUT2D eigenvalue weighted by Gasteiger charge is -2.04. The molecule has 0 unspecified atom stereocenters. The summed E-state index contributed by atoms with van der Waals surface area (Å²) >= 11 is 5.20. The predicted molar refractivity (Wildman–Crippen MR) is 66.1 cm³/mol. The minimum atomic E-state index is 0.848. The lowest BCUT2D eigenvalue weighted by atomic mass is 10.4. The molecule has 15 heavy (non-hydrogen) atoms. The van der Waals surface area contributed by atoms with Gasteiger partial charge in [0.15, 0.2) is 0 Å². The summed E-state index contributed by atoms with van der Waals surface area (Å²) in [6.07, 6.45) is 1.84. The zero-order valence-electron chi connectivity index (χ0n) is 8.40. The van der Waals surface area contributed by atoms with Crippen LogP contribution in [0.1, 0.15) is 10.6 Å². The predicted octanol–water partition coefficient (Wildman–Crippen LogP) is 2.47. The van der Waals surface area contributed by atoms with E-state index in [0.717, 1.165) is 17.6 Å². The van der Waals surface area contributed by atoms with Crippen LogP contribution in [0.5, 0.6) is 0 Å². The van der Waals surface area contributed by atoms with Gasteiger partial charge >= 0.3 is 0 Å². The second kappa shape index (κ2) is 4.92. The maximum absolute atomic E-state index is 4.31. The Labute approximate surface area is 101 Å². The Balaban J connectivity index is 2.13. The monoisotopic (exact) mass is 285 g/mol. The van der Waals surface area contributed by atoms with Gasteiger partial charge in [-0.25, -0.2) is 0 Å². The second-order valence-corrected chi connectivity index (χ2v) is 5.15. The molecule has 3 nitrogen and oxygen atoms in total. The van der Waals surface area contributed by atoms with Gasteiger partial charge in [0.05, 0.1) is 12.2 Å². The molecule has 0 aliphatic rings. The Bertz CT molecular complexity index is 435. The Kier molecular flexibility index (Phi) is 3.56. The lowest BCUT2D eigenvalue weighted by Crippen LogP contribution is -2.12. The van der Waals surface area contributed by atoms with E-state index in [9.17, 15) is 0 Å². The summed E-state index contributed by atoms with van der Waals surface area (Å²) in [7, 11) is 1.94. The van der Waals surface area contributed by atoms with Crippen molar-refractivity contribution in [2.75, 3.05) is 7.05 Å². The molecule has 0 aliphatic heterocycles. The van der Waals surface area contributed by atoms with Gasteiger partial charge < -0.3 is 5.32 Å². The van der Waals surface area contributed by atoms with Gasteiger partial charge in [-0.1, -0.05) is 0 Å². The summed E-state index contributed by atoms with van der Waals surface area (Å²) < 4.78 is 3.17. The minimum absolute atomic E-state index is 0.848. The topological polar surface area (TPSA) is 29.9 Å². The number of thiophene rings is 1. The molecule has 1 N–H and O–H groups in total. The molecule has 0 fully saturated rings. The molecule has 0 radical (unpaired) electrons. The fraction of sp³-hybridized carbons (Fsp3) is 0.300. The number of nitrogens with zero attached hydrogens (tertiary/aromatic N) is 2. The van der Waals surface area contributed by atoms with Gasteiger partial charge in [0.25, 0.3) is 0 Å². The van der Waals surface area contributed by atoms with Crippen LogP contribution in [0.2, 0.25) is 0 Å². The molecule has 5 heteroatoms. The van der Waals surface area contributed by atoms with Crippen LogP contribution in [0.15, 0.2) is 28.2 Å². The molecule has 0 spiro atoms. The average Bonchev–Trinajstić information content (AvgIpc) is 2.78. The van der Waals surface area contributed by atoms with E-state index in [-0.39, 0.29) is 0 Å². The van der Waals surface area contributed by atoms with Crippen LogP contribution in [-0.4, -0.2) is 16.8 Å². The van der Waals surface area contributed by atoms with E-state index in [1.165, 1.54) is 10.6 Å². The van der Waals surface area contributed by atoms with Crippen molar-refractivity contribution in [2.45, 2.75) is 13.1 Å². The number of aromatic nitrogens is 2. The Morgan fingerprint density at radius 2 is 2.47 bits per heavy atom. The molecule has 80 valence electrons. The van der Waals surface area contributed by atoms with Gasteiger partial charge in [-0.15, -0.1) is 11.3 Å². The van der Waals surface area contributed by atoms with Gasteiger partial charge in [-0.05, 0) is 35.1 Å². The van der Waals surface area contributed by atoms with Crippen molar-refractivity contribution < 1.29 is 0 Å². The van der Waals surface area contributed by atoms with Gasteiger partial charge in [-0.3, -0.25) is 4.68 Å². The Morgan fingerprint density at radius 3 is 3.13 bits per heavy atom. The number of nitrogens with one attached hydrogen (secondary N) is 1. The maximum atomic E-state index is 4.31. The van der Waals surface area contributed by atoms with Gasteiger partial charge in [0, 0.05) is 27.5 Å². The summed E-state index contributed by atoms with van der Waals surface area (Å²) in [5, 5.41) is 9.54. The average molecular weight is 286 g/mol. The number of rotatable bonds is 4. The molecule has 0 amide bonds. The smallest absolute Gasteiger partial charge is 0.0756 e. The molecule has 2 aromatic rings. The molecule has 0 atom stereocenters. The number of hydrogen-bond donors (Lipinski definition) is 1. The second-order valence-electron chi connectivity index (χ2n) is 3.24. The van der Waals surface area contributed by atoms with Crippen molar-refractivity contribution in [3.63, 3.8) is 0 Å². The van der Waals surface area contributed by atoms with Crippen LogP contribution in [0.25, 0.3) is 0 Å². The quantitative estimate of drug-likeness (QED) is 0.935. The highest BCUT2D eigenvalue weighted by molar-refractivity contribution is 9.10. The number of hydrogen-bond acceptors (Lipinski definition) is 3. The summed E-state index contributed by atoms with van der Waals surface area (Å²) in [5.41, 5.74) is 1.21. The van der Waals surface area contributed by atoms with Crippen LogP contribution >= 0.6 is 27.3 Å². The molecular formula is C10H12BrN3S. The highest BCUT2D eigenvalue weighted by Gasteiger charge is 2.03. The summed E-state index contributed by atoms with van der Waals surface area (Å²) in [4.78, 5) is 1.31. The van der Waals surface area contributed by atoms with Gasteiger partial charge in [0.1, 0.15) is 0 Å². The summed E-state index contributed by atoms with van der Waals surface area (Å²) in [6.45, 7) is 1.70. The molecule has 0 saturated heterocycles. The van der Waals surface area contributed by atoms with Crippen molar-refractivity contribution in [3.8, 4) is 0 Å². The maximum Gasteiger partial charge on any atom is 0.0756 e. The third-order valence-corrected chi connectivity index (χ3v) is 3.77. The standard InChI is InChI=1S/C10H12BrN3S/c1-12-5-9-2-3-13-14(9)6-10-4-8(11)7-15-10/h2-4,7,12H,5-6H2,1H3. The van der Waals surface area contributed by atoms with E-state index in [1.807, 2.05) is 24.0 Å². The molecule has 0 bridgehead atoms. The zero-order valence-corrected chi connectivity index (χ0v) is 10.8. The molecule has 2 aromatic heterocycles. The highest BCUT2D eigenvalue weighted by atomic mass is 79.9. The highest BCUT2D eigenvalue weighted by Crippen LogP contribution is 2.20. The Hall–Kier alpha value is -0.650. The SMILES string of the molecule is CNCc1ccnn1Cc1cc(Br)cs1. The van der Waals surface area contributed by atoms with E-state index >= 15 is 0 Å². The minimum Gasteiger partial charge on any atom is -0.314 e. The normalized spacial score (nSPS) is 10.8. The first-order valence-corrected chi connectivity index (χ1v) is 6.35. The van der Waals surface area contributed by atoms with E-state index in [0.29, 0.717) is 0 Å². The van der Waals surface area contributed by atoms with Crippen LogP contribution in [-0.2, 0) is 13.1 Å². The fourth-order valence-electron chi connectivity index (χ4n) is 1.42. The molecule has 2 heterocycles. The van der Waals surface area contributed by atoms with E-state index < -0.39 is 0 Å². The largest absolute Gasteiger partial charge is 0.314 e. The molecule has 0 aliphatic carbocycles. The van der Waals surface area contributed by atoms with Gasteiger partial charge in [0.2, 0.25) is 0 Å². The third-order valence-electron chi connectivity index (χ3n) is 2.09. The van der Waals surface area contributed by atoms with Crippen LogP contribution < -0.4 is 5.32 Å². The molecule has 0 saturated carbocycles. The van der Waals surface area contributed by atoms with E-state index in [1.54, 1.807) is 11.3 Å². The summed E-state index contributed by atoms with van der Waals surface area (Å²) in [6, 6.07) is 4.18. The van der Waals surface area contributed by atoms with Crippen molar-refractivity contribution in [3.05, 3.63) is 38.8 Å². The first-order valence-electron chi connectivity index (χ1n) is 4.68. The van der Waals surface area contributed by atoms with Crippen LogP contribution in [0.4, 0.5) is 0 Å². The first-order chi connectivity index (χ1) is 7.29. The van der Waals surface area contributed by atoms with Crippen LogP contribution in [0.3, 0.4) is 0 Å². The van der Waals surface area contributed by atoms with E-state index in [2.05, 4.69) is 37.8 Å². The summed E-state index contributed by atoms with van der Waals surface area (Å²) in [5.74, 6) is 0. The first kappa shape index (κ1) is 10.9. The Morgan fingerprint density at radius 1 is 1.60 bits per heavy atom. The van der Waals surface area contributed by atoms with Crippen LogP contribution in [0, 0.1) is 0 Å². The zero-order chi connectivity index (χ0) is 10.7. The van der Waals surface area contributed by atoms with Crippen molar-refractivity contribution in [1.82, 2.24) is 15.1 Å². The molecule has 2 rings (SSSR count). The lowest BCUT2D eigenvalue weighted by molar-refractivity contribution is 0.627. The fourth-order valence-corrected chi connectivity index (χ4v) is 2.85. The molecular weight excluding hydrogens is 274 g/mol. The third kappa shape index (κ3) is 2.68. The van der Waals surface area contributed by atoms with E-state index in [4.69, 9.17) is 0 Å². The van der Waals surface area contributed by atoms with Crippen molar-refractivity contribution >= 4 is 27.3 Å². The van der Waals surface area contributed by atoms with Gasteiger partial charge in [-0.2, -0.15) is 5.10 Å². The van der Waals surface area contributed by atoms with Crippen molar-refractivity contribution in [1.29, 1.82) is 0 Å².